The van der Waals surface area contributed by atoms with Crippen LogP contribution in [0.15, 0.2) is 75.9 Å². The minimum atomic E-state index is -0.517. The Labute approximate surface area is 212 Å². The number of thioether (sulfide) groups is 1. The van der Waals surface area contributed by atoms with Crippen LogP contribution in [0.2, 0.25) is 5.02 Å². The molecule has 1 N–H and O–H groups in total. The van der Waals surface area contributed by atoms with Crippen molar-refractivity contribution in [1.82, 2.24) is 10.2 Å². The summed E-state index contributed by atoms with van der Waals surface area (Å²) in [5.41, 5.74) is 3.34. The highest BCUT2D eigenvalue weighted by molar-refractivity contribution is 8.16. The minimum Gasteiger partial charge on any atom is -0.459 e. The molecule has 0 aromatic heterocycles. The van der Waals surface area contributed by atoms with E-state index in [1.165, 1.54) is 23.9 Å². The molecule has 0 radical (unpaired) electrons. The highest BCUT2D eigenvalue weighted by Crippen LogP contribution is 2.45. The molecule has 1 atom stereocenters. The fraction of sp³-hybridized carbons (Fsp3) is 0.269. The molecule has 4 rings (SSSR count). The lowest BCUT2D eigenvalue weighted by Crippen LogP contribution is -2.38. The van der Waals surface area contributed by atoms with E-state index in [1.54, 1.807) is 45.0 Å². The summed E-state index contributed by atoms with van der Waals surface area (Å²) >= 11 is 7.52. The number of hydrogen-bond donors (Lipinski definition) is 1. The van der Waals surface area contributed by atoms with Crippen molar-refractivity contribution in [2.24, 2.45) is 4.99 Å². The van der Waals surface area contributed by atoms with Gasteiger partial charge in [0.1, 0.15) is 5.82 Å². The van der Waals surface area contributed by atoms with Gasteiger partial charge in [-0.15, -0.1) is 0 Å². The van der Waals surface area contributed by atoms with Crippen LogP contribution in [-0.2, 0) is 20.9 Å². The van der Waals surface area contributed by atoms with Crippen molar-refractivity contribution in [2.75, 3.05) is 0 Å². The van der Waals surface area contributed by atoms with Gasteiger partial charge in [0, 0.05) is 17.3 Å². The van der Waals surface area contributed by atoms with Crippen molar-refractivity contribution in [1.29, 1.82) is 0 Å². The third-order valence-electron chi connectivity index (χ3n) is 5.49. The lowest BCUT2D eigenvalue weighted by atomic mass is 9.94. The van der Waals surface area contributed by atoms with Crippen molar-refractivity contribution in [3.8, 4) is 0 Å². The zero-order valence-electron chi connectivity index (χ0n) is 19.5. The Kier molecular flexibility index (Phi) is 7.62. The molecule has 35 heavy (non-hydrogen) atoms. The van der Waals surface area contributed by atoms with Gasteiger partial charge in [-0.1, -0.05) is 47.6 Å². The molecule has 0 unspecified atom stereocenters. The number of ether oxygens (including phenoxy) is 1. The first kappa shape index (κ1) is 25.0. The van der Waals surface area contributed by atoms with Crippen LogP contribution in [0.3, 0.4) is 0 Å². The summed E-state index contributed by atoms with van der Waals surface area (Å²) in [7, 11) is 0. The van der Waals surface area contributed by atoms with Crippen molar-refractivity contribution in [3.63, 3.8) is 0 Å². The number of aliphatic imine (C=N–C) groups is 1. The standard InChI is InChI=1S/C26H25ClFN3O3S/c1-15(2)34-25(33)23-16(3)30-26-31(24(23)18-6-8-19(27)9-7-18)21(14-35-26)12-22(32)29-13-17-4-10-20(28)11-5-17/h4-11,14-15,24H,12-13H2,1-3H3,(H,29,32)/t24-/m0/s1. The average Bonchev–Trinajstić information content (AvgIpc) is 3.19. The van der Waals surface area contributed by atoms with Crippen molar-refractivity contribution in [3.05, 3.63) is 92.9 Å². The summed E-state index contributed by atoms with van der Waals surface area (Å²) in [4.78, 5) is 32.5. The van der Waals surface area contributed by atoms with Crippen molar-refractivity contribution in [2.45, 2.75) is 45.9 Å². The Bertz CT molecular complexity index is 1220. The summed E-state index contributed by atoms with van der Waals surface area (Å²) in [6.07, 6.45) is -0.206. The Hall–Kier alpha value is -3.10. The van der Waals surface area contributed by atoms with Crippen LogP contribution in [0.5, 0.6) is 0 Å². The summed E-state index contributed by atoms with van der Waals surface area (Å²) < 4.78 is 18.7. The number of hydrogen-bond acceptors (Lipinski definition) is 6. The first-order chi connectivity index (χ1) is 16.7. The monoisotopic (exact) mass is 513 g/mol. The number of nitrogens with zero attached hydrogens (tertiary/aromatic N) is 2. The Morgan fingerprint density at radius 3 is 2.51 bits per heavy atom. The molecular formula is C26H25ClFN3O3S. The van der Waals surface area contributed by atoms with Crippen LogP contribution >= 0.6 is 23.4 Å². The number of esters is 1. The van der Waals surface area contributed by atoms with Gasteiger partial charge in [-0.05, 0) is 61.6 Å². The van der Waals surface area contributed by atoms with Gasteiger partial charge < -0.3 is 15.0 Å². The molecule has 1 amide bonds. The normalized spacial score (nSPS) is 17.2. The molecule has 0 bridgehead atoms. The molecule has 2 aliphatic rings. The van der Waals surface area contributed by atoms with E-state index in [1.807, 2.05) is 22.4 Å². The van der Waals surface area contributed by atoms with Crippen LogP contribution in [0.1, 0.15) is 44.4 Å². The van der Waals surface area contributed by atoms with Gasteiger partial charge in [0.25, 0.3) is 0 Å². The molecule has 2 aromatic rings. The number of allylic oxidation sites excluding steroid dienone is 1. The van der Waals surface area contributed by atoms with Gasteiger partial charge in [-0.3, -0.25) is 4.79 Å². The smallest absolute Gasteiger partial charge is 0.338 e. The molecule has 2 aromatic carbocycles. The van der Waals surface area contributed by atoms with Gasteiger partial charge in [0.05, 0.1) is 29.8 Å². The van der Waals surface area contributed by atoms with Crippen LogP contribution in [0.4, 0.5) is 4.39 Å². The number of rotatable bonds is 7. The van der Waals surface area contributed by atoms with Crippen LogP contribution in [0, 0.1) is 5.82 Å². The zero-order chi connectivity index (χ0) is 25.1. The summed E-state index contributed by atoms with van der Waals surface area (Å²) in [5.74, 6) is -0.972. The van der Waals surface area contributed by atoms with Crippen LogP contribution in [-0.4, -0.2) is 28.0 Å². The number of nitrogens with one attached hydrogen (secondary N) is 1. The molecular weight excluding hydrogens is 489 g/mol. The van der Waals surface area contributed by atoms with E-state index in [-0.39, 0.29) is 30.8 Å². The molecule has 2 aliphatic heterocycles. The van der Waals surface area contributed by atoms with Crippen LogP contribution in [0.25, 0.3) is 0 Å². The third kappa shape index (κ3) is 5.77. The van der Waals surface area contributed by atoms with E-state index in [0.29, 0.717) is 27.2 Å². The maximum absolute atomic E-state index is 13.1. The van der Waals surface area contributed by atoms with Gasteiger partial charge in [-0.25, -0.2) is 14.2 Å². The highest BCUT2D eigenvalue weighted by Gasteiger charge is 2.41. The molecule has 2 heterocycles. The maximum atomic E-state index is 13.1. The Morgan fingerprint density at radius 1 is 1.17 bits per heavy atom. The molecule has 0 saturated carbocycles. The fourth-order valence-electron chi connectivity index (χ4n) is 3.90. The highest BCUT2D eigenvalue weighted by atomic mass is 35.5. The second-order valence-corrected chi connectivity index (χ2v) is 9.75. The predicted octanol–water partition coefficient (Wildman–Crippen LogP) is 5.71. The predicted molar refractivity (Wildman–Crippen MR) is 136 cm³/mol. The molecule has 9 heteroatoms. The third-order valence-corrected chi connectivity index (χ3v) is 6.63. The summed E-state index contributed by atoms with van der Waals surface area (Å²) in [5, 5.41) is 6.02. The van der Waals surface area contributed by atoms with Gasteiger partial charge in [0.15, 0.2) is 5.17 Å². The molecule has 0 spiro atoms. The molecule has 6 nitrogen and oxygen atoms in total. The number of carbonyl (C=O) groups excluding carboxylic acids is 2. The van der Waals surface area contributed by atoms with Gasteiger partial charge >= 0.3 is 5.97 Å². The SMILES string of the molecule is CC1=C(C(=O)OC(C)C)[C@H](c2ccc(Cl)cc2)N2C(CC(=O)NCc3ccc(F)cc3)=CSC2=N1. The van der Waals surface area contributed by atoms with Gasteiger partial charge in [-0.2, -0.15) is 0 Å². The lowest BCUT2D eigenvalue weighted by Gasteiger charge is -2.36. The topological polar surface area (TPSA) is 71.0 Å². The number of fused-ring (bicyclic) bond motifs is 1. The first-order valence-electron chi connectivity index (χ1n) is 11.1. The number of amides is 1. The largest absolute Gasteiger partial charge is 0.459 e. The maximum Gasteiger partial charge on any atom is 0.338 e. The van der Waals surface area contributed by atoms with E-state index in [4.69, 9.17) is 16.3 Å². The average molecular weight is 514 g/mol. The molecule has 0 aliphatic carbocycles. The first-order valence-corrected chi connectivity index (χ1v) is 12.4. The van der Waals surface area contributed by atoms with Crippen LogP contribution < -0.4 is 5.32 Å². The van der Waals surface area contributed by atoms with E-state index < -0.39 is 12.0 Å². The molecule has 0 saturated heterocycles. The van der Waals surface area contributed by atoms with E-state index in [9.17, 15) is 14.0 Å². The second kappa shape index (κ2) is 10.7. The van der Waals surface area contributed by atoms with Crippen molar-refractivity contribution < 1.29 is 18.7 Å². The van der Waals surface area contributed by atoms with E-state index in [2.05, 4.69) is 10.3 Å². The quantitative estimate of drug-likeness (QED) is 0.480. The number of carbonyl (C=O) groups is 2. The Morgan fingerprint density at radius 2 is 1.86 bits per heavy atom. The van der Waals surface area contributed by atoms with E-state index in [0.717, 1.165) is 11.1 Å². The molecule has 0 fully saturated rings. The lowest BCUT2D eigenvalue weighted by molar-refractivity contribution is -0.143. The van der Waals surface area contributed by atoms with Crippen molar-refractivity contribution >= 4 is 40.4 Å². The van der Waals surface area contributed by atoms with Gasteiger partial charge in [0.2, 0.25) is 5.91 Å². The number of halogens is 2. The summed E-state index contributed by atoms with van der Waals surface area (Å²) in [6.45, 7) is 5.67. The summed E-state index contributed by atoms with van der Waals surface area (Å²) in [6, 6.07) is 12.7. The van der Waals surface area contributed by atoms with E-state index >= 15 is 0 Å². The second-order valence-electron chi connectivity index (χ2n) is 8.48. The number of amidine groups is 1. The Balaban J connectivity index is 1.59. The number of benzene rings is 2. The minimum absolute atomic E-state index is 0.0862. The fourth-order valence-corrected chi connectivity index (χ4v) is 4.99. The zero-order valence-corrected chi connectivity index (χ0v) is 21.1. The molecule has 182 valence electrons.